The van der Waals surface area contributed by atoms with E-state index in [4.69, 9.17) is 14.2 Å². The van der Waals surface area contributed by atoms with Gasteiger partial charge < -0.3 is 19.1 Å². The van der Waals surface area contributed by atoms with Gasteiger partial charge in [-0.1, -0.05) is 26.0 Å². The van der Waals surface area contributed by atoms with Crippen LogP contribution in [0.4, 0.5) is 18.9 Å². The standard InChI is InChI=1S/C36H45F3N2O4/c1-22(2)44-34(42)33(45-35(4,5)6)29-23(3)40-21-27(32(29)41-18-16-36(7,8)17-19-41)26-13-14-28(31(39)30(26)38)43-20-15-24-9-11-25(37)12-10-24/h9-14,21-22,33H,15-20H2,1-8H3. The monoisotopic (exact) mass is 626 g/mol. The first-order chi connectivity index (χ1) is 21.1. The predicted octanol–water partition coefficient (Wildman–Crippen LogP) is 8.53. The summed E-state index contributed by atoms with van der Waals surface area (Å²) in [4.78, 5) is 20.3. The molecule has 2 aromatic carbocycles. The summed E-state index contributed by atoms with van der Waals surface area (Å²) in [5.41, 5.74) is 2.14. The quantitative estimate of drug-likeness (QED) is 0.210. The number of nitrogens with zero attached hydrogens (tertiary/aromatic N) is 2. The number of carbonyl (C=O) groups is 1. The highest BCUT2D eigenvalue weighted by atomic mass is 19.2. The Labute approximate surface area is 264 Å². The molecule has 1 atom stereocenters. The van der Waals surface area contributed by atoms with Gasteiger partial charge in [0.1, 0.15) is 5.82 Å². The van der Waals surface area contributed by atoms with Gasteiger partial charge in [0.05, 0.1) is 24.0 Å². The van der Waals surface area contributed by atoms with Gasteiger partial charge in [0.2, 0.25) is 5.82 Å². The Kier molecular flexibility index (Phi) is 10.5. The first-order valence-electron chi connectivity index (χ1n) is 15.5. The van der Waals surface area contributed by atoms with Crippen molar-refractivity contribution in [2.75, 3.05) is 24.6 Å². The molecule has 0 bridgehead atoms. The lowest BCUT2D eigenvalue weighted by atomic mass is 9.82. The Hall–Kier alpha value is -3.59. The van der Waals surface area contributed by atoms with Crippen LogP contribution in [-0.2, 0) is 20.7 Å². The van der Waals surface area contributed by atoms with E-state index in [-0.39, 0.29) is 35.3 Å². The molecule has 0 amide bonds. The molecule has 244 valence electrons. The maximum absolute atomic E-state index is 16.0. The van der Waals surface area contributed by atoms with Gasteiger partial charge in [-0.15, -0.1) is 0 Å². The normalized spacial score (nSPS) is 15.7. The maximum Gasteiger partial charge on any atom is 0.340 e. The summed E-state index contributed by atoms with van der Waals surface area (Å²) >= 11 is 0. The fourth-order valence-electron chi connectivity index (χ4n) is 5.45. The van der Waals surface area contributed by atoms with Crippen molar-refractivity contribution in [2.45, 2.75) is 92.5 Å². The molecule has 1 unspecified atom stereocenters. The average Bonchev–Trinajstić information content (AvgIpc) is 2.95. The number of piperidine rings is 1. The van der Waals surface area contributed by atoms with Gasteiger partial charge >= 0.3 is 5.97 Å². The minimum atomic E-state index is -1.15. The highest BCUT2D eigenvalue weighted by Crippen LogP contribution is 2.45. The molecule has 0 spiro atoms. The van der Waals surface area contributed by atoms with Crippen LogP contribution >= 0.6 is 0 Å². The molecule has 1 saturated heterocycles. The van der Waals surface area contributed by atoms with Gasteiger partial charge in [-0.05, 0) is 89.6 Å². The van der Waals surface area contributed by atoms with Gasteiger partial charge in [0, 0.05) is 48.1 Å². The van der Waals surface area contributed by atoms with Crippen LogP contribution in [0.15, 0.2) is 42.6 Å². The zero-order valence-electron chi connectivity index (χ0n) is 27.6. The fourth-order valence-corrected chi connectivity index (χ4v) is 5.45. The second-order valence-electron chi connectivity index (χ2n) is 13.7. The van der Waals surface area contributed by atoms with Crippen LogP contribution in [0.3, 0.4) is 0 Å². The van der Waals surface area contributed by atoms with Crippen LogP contribution in [0, 0.1) is 29.8 Å². The molecule has 1 aromatic heterocycles. The number of halogens is 3. The van der Waals surface area contributed by atoms with E-state index in [2.05, 4.69) is 23.7 Å². The van der Waals surface area contributed by atoms with Crippen molar-refractivity contribution in [3.8, 4) is 16.9 Å². The van der Waals surface area contributed by atoms with E-state index in [0.717, 1.165) is 18.4 Å². The Morgan fingerprint density at radius 1 is 0.978 bits per heavy atom. The zero-order chi connectivity index (χ0) is 33.1. The van der Waals surface area contributed by atoms with E-state index in [1.807, 2.05) is 20.8 Å². The molecule has 1 aliphatic rings. The van der Waals surface area contributed by atoms with E-state index >= 15 is 8.78 Å². The lowest BCUT2D eigenvalue weighted by Crippen LogP contribution is -2.39. The van der Waals surface area contributed by atoms with Crippen molar-refractivity contribution in [3.63, 3.8) is 0 Å². The average molecular weight is 627 g/mol. The minimum absolute atomic E-state index is 0.00120. The largest absolute Gasteiger partial charge is 0.490 e. The van der Waals surface area contributed by atoms with E-state index < -0.39 is 29.3 Å². The molecule has 9 heteroatoms. The van der Waals surface area contributed by atoms with Gasteiger partial charge in [-0.3, -0.25) is 4.98 Å². The van der Waals surface area contributed by atoms with Crippen molar-refractivity contribution in [2.24, 2.45) is 5.41 Å². The molecule has 0 radical (unpaired) electrons. The Morgan fingerprint density at radius 2 is 1.62 bits per heavy atom. The number of benzene rings is 2. The smallest absolute Gasteiger partial charge is 0.340 e. The molecule has 0 N–H and O–H groups in total. The second kappa shape index (κ2) is 13.8. The summed E-state index contributed by atoms with van der Waals surface area (Å²) in [5.74, 6) is -3.35. The summed E-state index contributed by atoms with van der Waals surface area (Å²) < 4.78 is 62.3. The van der Waals surface area contributed by atoms with Crippen LogP contribution in [0.1, 0.15) is 84.2 Å². The topological polar surface area (TPSA) is 60.9 Å². The number of esters is 1. The first-order valence-corrected chi connectivity index (χ1v) is 15.5. The molecule has 2 heterocycles. The number of rotatable bonds is 10. The Balaban J connectivity index is 1.79. The number of hydrogen-bond acceptors (Lipinski definition) is 6. The highest BCUT2D eigenvalue weighted by Gasteiger charge is 2.37. The number of aromatic nitrogens is 1. The van der Waals surface area contributed by atoms with Crippen LogP contribution in [0.25, 0.3) is 11.1 Å². The van der Waals surface area contributed by atoms with E-state index in [1.165, 1.54) is 30.5 Å². The number of hydrogen-bond donors (Lipinski definition) is 0. The van der Waals surface area contributed by atoms with Crippen LogP contribution in [0.2, 0.25) is 0 Å². The van der Waals surface area contributed by atoms with E-state index in [1.54, 1.807) is 32.9 Å². The second-order valence-corrected chi connectivity index (χ2v) is 13.7. The van der Waals surface area contributed by atoms with Crippen molar-refractivity contribution in [3.05, 3.63) is 76.9 Å². The summed E-state index contributed by atoms with van der Waals surface area (Å²) in [6.07, 6.45) is 2.13. The number of anilines is 1. The van der Waals surface area contributed by atoms with Gasteiger partial charge in [-0.2, -0.15) is 4.39 Å². The Bertz CT molecular complexity index is 1490. The molecule has 3 aromatic rings. The fraction of sp³-hybridized carbons (Fsp3) is 0.500. The third-order valence-corrected chi connectivity index (χ3v) is 7.92. The molecule has 0 saturated carbocycles. The van der Waals surface area contributed by atoms with Crippen molar-refractivity contribution in [1.29, 1.82) is 0 Å². The SMILES string of the molecule is Cc1ncc(-c2ccc(OCCc3ccc(F)cc3)c(F)c2F)c(N2CCC(C)(C)CC2)c1C(OC(C)(C)C)C(=O)OC(C)C. The summed E-state index contributed by atoms with van der Waals surface area (Å²) in [7, 11) is 0. The third-order valence-electron chi connectivity index (χ3n) is 7.92. The van der Waals surface area contributed by atoms with Crippen molar-refractivity contribution >= 4 is 11.7 Å². The number of aryl methyl sites for hydroxylation is 1. The Morgan fingerprint density at radius 3 is 2.22 bits per heavy atom. The summed E-state index contributed by atoms with van der Waals surface area (Å²) in [6, 6.07) is 8.81. The summed E-state index contributed by atoms with van der Waals surface area (Å²) in [5, 5.41) is 0. The molecule has 4 rings (SSSR count). The van der Waals surface area contributed by atoms with Crippen molar-refractivity contribution in [1.82, 2.24) is 4.98 Å². The van der Waals surface area contributed by atoms with Crippen LogP contribution in [-0.4, -0.2) is 42.4 Å². The van der Waals surface area contributed by atoms with Crippen LogP contribution in [0.5, 0.6) is 5.75 Å². The molecule has 1 fully saturated rings. The van der Waals surface area contributed by atoms with Gasteiger partial charge in [0.25, 0.3) is 0 Å². The van der Waals surface area contributed by atoms with Crippen molar-refractivity contribution < 1.29 is 32.2 Å². The molecular weight excluding hydrogens is 581 g/mol. The predicted molar refractivity (Wildman–Crippen MR) is 170 cm³/mol. The number of pyridine rings is 1. The first kappa shape index (κ1) is 34.3. The maximum atomic E-state index is 16.0. The zero-order valence-corrected chi connectivity index (χ0v) is 27.6. The van der Waals surface area contributed by atoms with Gasteiger partial charge in [-0.25, -0.2) is 13.6 Å². The van der Waals surface area contributed by atoms with E-state index in [0.29, 0.717) is 42.0 Å². The minimum Gasteiger partial charge on any atom is -0.490 e. The van der Waals surface area contributed by atoms with Crippen LogP contribution < -0.4 is 9.64 Å². The molecule has 6 nitrogen and oxygen atoms in total. The van der Waals surface area contributed by atoms with E-state index in [9.17, 15) is 9.18 Å². The molecule has 45 heavy (non-hydrogen) atoms. The molecular formula is C36H45F3N2O4. The summed E-state index contributed by atoms with van der Waals surface area (Å²) in [6.45, 7) is 16.7. The lowest BCUT2D eigenvalue weighted by Gasteiger charge is -2.41. The van der Waals surface area contributed by atoms with Gasteiger partial charge in [0.15, 0.2) is 17.7 Å². The molecule has 1 aliphatic heterocycles. The third kappa shape index (κ3) is 8.57. The lowest BCUT2D eigenvalue weighted by molar-refractivity contribution is -0.171. The molecule has 0 aliphatic carbocycles. The number of carbonyl (C=O) groups excluding carboxylic acids is 1. The highest BCUT2D eigenvalue weighted by molar-refractivity contribution is 5.87. The number of ether oxygens (including phenoxy) is 3.